The van der Waals surface area contributed by atoms with Crippen LogP contribution in [-0.2, 0) is 9.47 Å². The summed E-state index contributed by atoms with van der Waals surface area (Å²) >= 11 is 0. The molecule has 8 nitrogen and oxygen atoms in total. The molecule has 39 heavy (non-hydrogen) atoms. The summed E-state index contributed by atoms with van der Waals surface area (Å²) in [6, 6.07) is 11.9. The summed E-state index contributed by atoms with van der Waals surface area (Å²) in [4.78, 5) is 45.2. The third-order valence-corrected chi connectivity index (χ3v) is 5.70. The van der Waals surface area contributed by atoms with Crippen LogP contribution >= 0.6 is 0 Å². The molecule has 2 rings (SSSR count). The molecule has 0 amide bonds. The zero-order chi connectivity index (χ0) is 28.2. The van der Waals surface area contributed by atoms with Crippen molar-refractivity contribution in [2.45, 2.75) is 78.1 Å². The molecule has 0 N–H and O–H groups in total. The quantitative estimate of drug-likeness (QED) is 0.169. The minimum atomic E-state index is -1.37. The van der Waals surface area contributed by atoms with Gasteiger partial charge in [-0.2, -0.15) is 0 Å². The molecule has 0 atom stereocenters. The van der Waals surface area contributed by atoms with Crippen LogP contribution in [0.1, 0.15) is 119 Å². The largest absolute Gasteiger partial charge is 2.00 e. The number of hydrogen-bond acceptors (Lipinski definition) is 8. The van der Waals surface area contributed by atoms with Crippen LogP contribution in [-0.4, -0.2) is 74.8 Å². The van der Waals surface area contributed by atoms with E-state index in [2.05, 4.69) is 13.8 Å². The minimum Gasteiger partial charge on any atom is -0.545 e. The minimum absolute atomic E-state index is 0. The standard InChI is InChI=1S/2C15H20O4.Ca/c2*1-2-3-4-5-8-11-19-15(18)13-10-7-6-9-12(13)14(16)17;/h2*6-7,9-10H,2-5,8,11H2,1H3,(H,16,17);/q;;+2/p-2. The first-order chi connectivity index (χ1) is 18.3. The molecule has 0 fully saturated rings. The number of hydrogen-bond donors (Lipinski definition) is 0. The molecule has 0 saturated carbocycles. The number of rotatable bonds is 16. The van der Waals surface area contributed by atoms with Crippen LogP contribution in [0.15, 0.2) is 48.5 Å². The van der Waals surface area contributed by atoms with Crippen molar-refractivity contribution in [1.82, 2.24) is 0 Å². The molecule has 0 unspecified atom stereocenters. The fourth-order valence-corrected chi connectivity index (χ4v) is 3.57. The van der Waals surface area contributed by atoms with Crippen LogP contribution < -0.4 is 10.2 Å². The van der Waals surface area contributed by atoms with E-state index in [0.29, 0.717) is 13.2 Å². The Hall–Kier alpha value is -2.42. The molecular weight excluding hydrogens is 528 g/mol. The fourth-order valence-electron chi connectivity index (χ4n) is 3.57. The van der Waals surface area contributed by atoms with E-state index in [1.54, 1.807) is 24.3 Å². The number of carbonyl (C=O) groups is 4. The number of aromatic carboxylic acids is 2. The Morgan fingerprint density at radius 3 is 1.15 bits per heavy atom. The van der Waals surface area contributed by atoms with E-state index in [1.807, 2.05) is 0 Å². The van der Waals surface area contributed by atoms with E-state index in [0.717, 1.165) is 38.5 Å². The van der Waals surface area contributed by atoms with Gasteiger partial charge in [-0.05, 0) is 25.0 Å². The van der Waals surface area contributed by atoms with Crippen LogP contribution in [0.4, 0.5) is 0 Å². The number of benzene rings is 2. The summed E-state index contributed by atoms with van der Waals surface area (Å²) in [5, 5.41) is 21.7. The molecule has 0 heterocycles. The Bertz CT molecular complexity index is 940. The average molecular weight is 567 g/mol. The number of esters is 2. The first-order valence-electron chi connectivity index (χ1n) is 13.3. The van der Waals surface area contributed by atoms with E-state index in [4.69, 9.17) is 9.47 Å². The normalized spacial score (nSPS) is 9.90. The smallest absolute Gasteiger partial charge is 0.545 e. The predicted molar refractivity (Wildman–Crippen MR) is 145 cm³/mol. The van der Waals surface area contributed by atoms with Crippen LogP contribution in [0.25, 0.3) is 0 Å². The van der Waals surface area contributed by atoms with Gasteiger partial charge >= 0.3 is 49.7 Å². The zero-order valence-corrected chi connectivity index (χ0v) is 25.3. The summed E-state index contributed by atoms with van der Waals surface area (Å²) in [7, 11) is 0. The maximum absolute atomic E-state index is 11.7. The molecule has 0 saturated heterocycles. The van der Waals surface area contributed by atoms with Gasteiger partial charge in [-0.1, -0.05) is 102 Å². The third-order valence-electron chi connectivity index (χ3n) is 5.70. The first-order valence-corrected chi connectivity index (χ1v) is 13.3. The molecule has 0 aliphatic heterocycles. The maximum Gasteiger partial charge on any atom is 2.00 e. The second kappa shape index (κ2) is 22.4. The van der Waals surface area contributed by atoms with Gasteiger partial charge in [0.05, 0.1) is 36.3 Å². The Morgan fingerprint density at radius 1 is 0.538 bits per heavy atom. The number of carbonyl (C=O) groups excluding carboxylic acids is 4. The molecule has 208 valence electrons. The van der Waals surface area contributed by atoms with Crippen LogP contribution in [0, 0.1) is 0 Å². The Balaban J connectivity index is 0.000000722. The Kier molecular flexibility index (Phi) is 21.0. The molecule has 0 radical (unpaired) electrons. The van der Waals surface area contributed by atoms with Crippen LogP contribution in [0.2, 0.25) is 0 Å². The fraction of sp³-hybridized carbons (Fsp3) is 0.467. The molecule has 0 aromatic heterocycles. The van der Waals surface area contributed by atoms with Gasteiger partial charge in [0, 0.05) is 11.1 Å². The summed E-state index contributed by atoms with van der Waals surface area (Å²) in [5.74, 6) is -3.93. The Morgan fingerprint density at radius 2 is 0.846 bits per heavy atom. The van der Waals surface area contributed by atoms with Gasteiger partial charge in [0.25, 0.3) is 0 Å². The van der Waals surface area contributed by atoms with Crippen molar-refractivity contribution in [2.75, 3.05) is 13.2 Å². The molecule has 0 aliphatic rings. The van der Waals surface area contributed by atoms with Crippen LogP contribution in [0.5, 0.6) is 0 Å². The van der Waals surface area contributed by atoms with Gasteiger partial charge in [0.15, 0.2) is 0 Å². The molecular formula is C30H38CaO8. The maximum atomic E-state index is 11.7. The second-order valence-electron chi connectivity index (χ2n) is 8.77. The van der Waals surface area contributed by atoms with Crippen molar-refractivity contribution in [2.24, 2.45) is 0 Å². The number of ether oxygens (including phenoxy) is 2. The van der Waals surface area contributed by atoms with Crippen molar-refractivity contribution in [3.8, 4) is 0 Å². The molecule has 2 aromatic rings. The van der Waals surface area contributed by atoms with E-state index in [9.17, 15) is 29.4 Å². The number of carboxylic acid groups (broad SMARTS) is 2. The van der Waals surface area contributed by atoms with E-state index >= 15 is 0 Å². The molecule has 2 aromatic carbocycles. The SMILES string of the molecule is CCCCCCCOC(=O)c1ccccc1C(=O)[O-].CCCCCCCOC(=O)c1ccccc1C(=O)[O-].[Ca+2]. The topological polar surface area (TPSA) is 133 Å². The second-order valence-corrected chi connectivity index (χ2v) is 8.77. The van der Waals surface area contributed by atoms with Crippen molar-refractivity contribution in [1.29, 1.82) is 0 Å². The zero-order valence-electron chi connectivity index (χ0n) is 23.1. The van der Waals surface area contributed by atoms with Gasteiger partial charge in [-0.25, -0.2) is 9.59 Å². The van der Waals surface area contributed by atoms with Gasteiger partial charge in [0.2, 0.25) is 0 Å². The molecule has 9 heteroatoms. The van der Waals surface area contributed by atoms with Gasteiger partial charge in [-0.15, -0.1) is 0 Å². The predicted octanol–water partition coefficient (Wildman–Crippen LogP) is 3.97. The monoisotopic (exact) mass is 566 g/mol. The van der Waals surface area contributed by atoms with E-state index < -0.39 is 23.9 Å². The summed E-state index contributed by atoms with van der Waals surface area (Å²) in [6.07, 6.45) is 10.6. The van der Waals surface area contributed by atoms with Crippen molar-refractivity contribution in [3.63, 3.8) is 0 Å². The van der Waals surface area contributed by atoms with Gasteiger partial charge in [0.1, 0.15) is 0 Å². The molecule has 0 aliphatic carbocycles. The Labute approximate surface area is 261 Å². The first kappa shape index (κ1) is 36.6. The van der Waals surface area contributed by atoms with Crippen molar-refractivity contribution in [3.05, 3.63) is 70.8 Å². The molecule has 0 bridgehead atoms. The third kappa shape index (κ3) is 15.1. The average Bonchev–Trinajstić information content (AvgIpc) is 2.92. The summed E-state index contributed by atoms with van der Waals surface area (Å²) in [6.45, 7) is 4.92. The van der Waals surface area contributed by atoms with Gasteiger partial charge in [-0.3, -0.25) is 0 Å². The van der Waals surface area contributed by atoms with Crippen molar-refractivity contribution < 1.29 is 38.9 Å². The number of carboxylic acids is 2. The summed E-state index contributed by atoms with van der Waals surface area (Å²) in [5.41, 5.74) is -0.149. The van der Waals surface area contributed by atoms with Crippen molar-refractivity contribution >= 4 is 61.6 Å². The molecule has 0 spiro atoms. The summed E-state index contributed by atoms with van der Waals surface area (Å²) < 4.78 is 10.1. The van der Waals surface area contributed by atoms with E-state index in [1.165, 1.54) is 49.9 Å². The van der Waals surface area contributed by atoms with Crippen LogP contribution in [0.3, 0.4) is 0 Å². The number of unbranched alkanes of at least 4 members (excludes halogenated alkanes) is 8. The van der Waals surface area contributed by atoms with Gasteiger partial charge < -0.3 is 29.3 Å². The van der Waals surface area contributed by atoms with E-state index in [-0.39, 0.29) is 60.0 Å².